The molecule has 1 aliphatic heterocycles. The molecule has 3 rings (SSSR count). The van der Waals surface area contributed by atoms with Gasteiger partial charge in [-0.3, -0.25) is 19.5 Å². The van der Waals surface area contributed by atoms with Crippen LogP contribution in [-0.4, -0.2) is 21.8 Å². The van der Waals surface area contributed by atoms with Crippen LogP contribution in [0.25, 0.3) is 0 Å². The number of Topliss-reactive ketones (excluding diaryl/α,β-unsaturated/α-hetero) is 1. The second-order valence-electron chi connectivity index (χ2n) is 5.66. The Balaban J connectivity index is 2.21. The molecule has 0 fully saturated rings. The van der Waals surface area contributed by atoms with Gasteiger partial charge < -0.3 is 5.11 Å². The summed E-state index contributed by atoms with van der Waals surface area (Å²) in [5.74, 6) is -1.31. The number of carbonyl (C=O) groups is 2. The predicted octanol–water partition coefficient (Wildman–Crippen LogP) is 3.27. The van der Waals surface area contributed by atoms with Crippen molar-refractivity contribution in [1.29, 1.82) is 0 Å². The molecule has 1 aromatic carbocycles. The van der Waals surface area contributed by atoms with E-state index in [1.807, 2.05) is 25.1 Å². The number of benzene rings is 1. The van der Waals surface area contributed by atoms with E-state index in [1.165, 1.54) is 4.90 Å². The summed E-state index contributed by atoms with van der Waals surface area (Å²) in [7, 11) is 0. The number of carbonyl (C=O) groups excluding carboxylic acids is 2. The number of para-hydroxylation sites is 1. The summed E-state index contributed by atoms with van der Waals surface area (Å²) >= 11 is 0. The van der Waals surface area contributed by atoms with Crippen LogP contribution in [0.15, 0.2) is 60.0 Å². The summed E-state index contributed by atoms with van der Waals surface area (Å²) in [5, 5.41) is 10.4. The van der Waals surface area contributed by atoms with Crippen molar-refractivity contribution in [2.45, 2.75) is 26.3 Å². The Hall–Kier alpha value is -2.95. The zero-order chi connectivity index (χ0) is 17.3. The number of amides is 1. The molecule has 1 amide bonds. The fraction of sp³-hybridized carbons (Fsp3) is 0.211. The van der Waals surface area contributed by atoms with Gasteiger partial charge in [-0.25, -0.2) is 0 Å². The number of nitrogens with zero attached hydrogens (tertiary/aromatic N) is 2. The molecule has 2 heterocycles. The second kappa shape index (κ2) is 6.28. The monoisotopic (exact) mass is 322 g/mol. The fourth-order valence-corrected chi connectivity index (χ4v) is 2.98. The van der Waals surface area contributed by atoms with Crippen molar-refractivity contribution in [2.75, 3.05) is 4.90 Å². The molecule has 1 atom stereocenters. The smallest absolute Gasteiger partial charge is 0.294 e. The van der Waals surface area contributed by atoms with Crippen LogP contribution >= 0.6 is 0 Å². The van der Waals surface area contributed by atoms with Gasteiger partial charge in [-0.2, -0.15) is 0 Å². The van der Waals surface area contributed by atoms with Crippen LogP contribution in [0.4, 0.5) is 5.69 Å². The second-order valence-corrected chi connectivity index (χ2v) is 5.66. The summed E-state index contributed by atoms with van der Waals surface area (Å²) in [5.41, 5.74) is 2.20. The van der Waals surface area contributed by atoms with Gasteiger partial charge in [-0.05, 0) is 30.7 Å². The van der Waals surface area contributed by atoms with Crippen molar-refractivity contribution < 1.29 is 14.7 Å². The topological polar surface area (TPSA) is 70.5 Å². The van der Waals surface area contributed by atoms with Crippen LogP contribution in [0.1, 0.15) is 30.6 Å². The summed E-state index contributed by atoms with van der Waals surface area (Å²) in [6, 6.07) is 12.0. The third-order valence-electron chi connectivity index (χ3n) is 4.17. The lowest BCUT2D eigenvalue weighted by Gasteiger charge is -2.27. The fourth-order valence-electron chi connectivity index (χ4n) is 2.98. The van der Waals surface area contributed by atoms with E-state index in [0.717, 1.165) is 5.56 Å². The van der Waals surface area contributed by atoms with Gasteiger partial charge in [0.25, 0.3) is 5.91 Å². The minimum atomic E-state index is -0.716. The molecule has 0 spiro atoms. The van der Waals surface area contributed by atoms with Crippen LogP contribution < -0.4 is 4.90 Å². The van der Waals surface area contributed by atoms with E-state index in [0.29, 0.717) is 11.4 Å². The number of anilines is 1. The maximum Gasteiger partial charge on any atom is 0.294 e. The molecule has 122 valence electrons. The first-order valence-corrected chi connectivity index (χ1v) is 7.82. The Morgan fingerprint density at radius 1 is 1.21 bits per heavy atom. The van der Waals surface area contributed by atoms with Crippen molar-refractivity contribution in [3.05, 3.63) is 71.3 Å². The zero-order valence-corrected chi connectivity index (χ0v) is 13.6. The molecule has 0 saturated carbocycles. The molecule has 0 saturated heterocycles. The number of aryl methyl sites for hydroxylation is 1. The van der Waals surface area contributed by atoms with Gasteiger partial charge in [0.1, 0.15) is 6.04 Å². The number of hydrogen-bond donors (Lipinski definition) is 1. The molecule has 1 aromatic heterocycles. The van der Waals surface area contributed by atoms with Gasteiger partial charge in [0.05, 0.1) is 11.3 Å². The third kappa shape index (κ3) is 2.48. The number of hydrogen-bond acceptors (Lipinski definition) is 4. The third-order valence-corrected chi connectivity index (χ3v) is 4.17. The molecule has 5 heteroatoms. The first-order valence-electron chi connectivity index (χ1n) is 7.82. The Bertz CT molecular complexity index is 828. The molecule has 0 aliphatic carbocycles. The van der Waals surface area contributed by atoms with Gasteiger partial charge in [-0.1, -0.05) is 31.2 Å². The maximum atomic E-state index is 12.7. The first-order chi connectivity index (χ1) is 11.6. The zero-order valence-electron chi connectivity index (χ0n) is 13.6. The van der Waals surface area contributed by atoms with E-state index in [1.54, 1.807) is 37.4 Å². The Morgan fingerprint density at radius 3 is 2.54 bits per heavy atom. The highest BCUT2D eigenvalue weighted by Gasteiger charge is 2.44. The highest BCUT2D eigenvalue weighted by Crippen LogP contribution is 2.41. The molecule has 2 aromatic rings. The summed E-state index contributed by atoms with van der Waals surface area (Å²) in [6.45, 7) is 3.59. The Labute approximate surface area is 140 Å². The molecule has 5 nitrogen and oxygen atoms in total. The van der Waals surface area contributed by atoms with Crippen molar-refractivity contribution in [1.82, 2.24) is 4.98 Å². The van der Waals surface area contributed by atoms with Gasteiger partial charge in [0.15, 0.2) is 11.5 Å². The largest absolute Gasteiger partial charge is 0.503 e. The molecule has 0 bridgehead atoms. The SMILES string of the molecule is CCC(=O)C1=C(O)C(=O)N(c2ccccc2C)C1c1ccccn1. The van der Waals surface area contributed by atoms with Crippen molar-refractivity contribution in [3.8, 4) is 0 Å². The number of ketones is 1. The van der Waals surface area contributed by atoms with Gasteiger partial charge in [0, 0.05) is 18.3 Å². The summed E-state index contributed by atoms with van der Waals surface area (Å²) in [6.07, 6.45) is 1.82. The van der Waals surface area contributed by atoms with E-state index in [9.17, 15) is 14.7 Å². The average Bonchev–Trinajstić information content (AvgIpc) is 2.87. The van der Waals surface area contributed by atoms with E-state index in [-0.39, 0.29) is 17.8 Å². The number of aliphatic hydroxyl groups is 1. The van der Waals surface area contributed by atoms with Crippen LogP contribution in [0.2, 0.25) is 0 Å². The van der Waals surface area contributed by atoms with E-state index in [2.05, 4.69) is 4.98 Å². The predicted molar refractivity (Wildman–Crippen MR) is 90.6 cm³/mol. The number of pyridine rings is 1. The minimum Gasteiger partial charge on any atom is -0.503 e. The van der Waals surface area contributed by atoms with E-state index in [4.69, 9.17) is 0 Å². The summed E-state index contributed by atoms with van der Waals surface area (Å²) in [4.78, 5) is 30.9. The van der Waals surface area contributed by atoms with Gasteiger partial charge >= 0.3 is 0 Å². The van der Waals surface area contributed by atoms with Crippen molar-refractivity contribution >= 4 is 17.4 Å². The van der Waals surface area contributed by atoms with Crippen LogP contribution in [0, 0.1) is 6.92 Å². The molecule has 1 unspecified atom stereocenters. The lowest BCUT2D eigenvalue weighted by atomic mass is 9.98. The summed E-state index contributed by atoms with van der Waals surface area (Å²) < 4.78 is 0. The van der Waals surface area contributed by atoms with Crippen LogP contribution in [0.5, 0.6) is 0 Å². The average molecular weight is 322 g/mol. The molecule has 1 aliphatic rings. The molecule has 24 heavy (non-hydrogen) atoms. The van der Waals surface area contributed by atoms with Gasteiger partial charge in [0.2, 0.25) is 0 Å². The first kappa shape index (κ1) is 15.9. The number of aromatic nitrogens is 1. The minimum absolute atomic E-state index is 0.115. The lowest BCUT2D eigenvalue weighted by molar-refractivity contribution is -0.118. The molecular weight excluding hydrogens is 304 g/mol. The quantitative estimate of drug-likeness (QED) is 0.938. The highest BCUT2D eigenvalue weighted by molar-refractivity contribution is 6.16. The number of rotatable bonds is 4. The highest BCUT2D eigenvalue weighted by atomic mass is 16.3. The normalized spacial score (nSPS) is 17.5. The maximum absolute atomic E-state index is 12.7. The Kier molecular flexibility index (Phi) is 4.16. The van der Waals surface area contributed by atoms with Crippen molar-refractivity contribution in [2.24, 2.45) is 0 Å². The van der Waals surface area contributed by atoms with Crippen LogP contribution in [-0.2, 0) is 9.59 Å². The molecule has 0 radical (unpaired) electrons. The lowest BCUT2D eigenvalue weighted by Crippen LogP contribution is -2.32. The molecular formula is C19H18N2O3. The number of aliphatic hydroxyl groups excluding tert-OH is 1. The Morgan fingerprint density at radius 2 is 1.92 bits per heavy atom. The standard InChI is InChI=1S/C19H18N2O3/c1-3-15(22)16-17(13-9-6-7-11-20-13)21(19(24)18(16)23)14-10-5-4-8-12(14)2/h4-11,17,23H,3H2,1-2H3. The van der Waals surface area contributed by atoms with E-state index >= 15 is 0 Å². The van der Waals surface area contributed by atoms with Crippen molar-refractivity contribution in [3.63, 3.8) is 0 Å². The van der Waals surface area contributed by atoms with E-state index < -0.39 is 17.7 Å². The molecule has 1 N–H and O–H groups in total. The van der Waals surface area contributed by atoms with Crippen LogP contribution in [0.3, 0.4) is 0 Å². The van der Waals surface area contributed by atoms with Gasteiger partial charge in [-0.15, -0.1) is 0 Å².